The van der Waals surface area contributed by atoms with E-state index in [1.807, 2.05) is 6.20 Å². The summed E-state index contributed by atoms with van der Waals surface area (Å²) in [6.07, 6.45) is 4.64. The molecule has 0 spiro atoms. The quantitative estimate of drug-likeness (QED) is 0.737. The first-order valence-corrected chi connectivity index (χ1v) is 5.40. The SMILES string of the molecule is CC(C)c1ccnn1CC1CCCO1. The largest absolute Gasteiger partial charge is 0.376 e. The summed E-state index contributed by atoms with van der Waals surface area (Å²) >= 11 is 0. The Morgan fingerprint density at radius 1 is 1.64 bits per heavy atom. The van der Waals surface area contributed by atoms with Crippen LogP contribution in [0.5, 0.6) is 0 Å². The molecule has 0 radical (unpaired) electrons. The first-order valence-electron chi connectivity index (χ1n) is 5.40. The standard InChI is InChI=1S/C11H18N2O/c1-9(2)11-5-6-12-13(11)8-10-4-3-7-14-10/h5-6,9-10H,3-4,7-8H2,1-2H3. The van der Waals surface area contributed by atoms with Gasteiger partial charge in [-0.3, -0.25) is 4.68 Å². The normalized spacial score (nSPS) is 22.1. The first-order chi connectivity index (χ1) is 6.77. The van der Waals surface area contributed by atoms with E-state index in [2.05, 4.69) is 29.7 Å². The molecular weight excluding hydrogens is 176 g/mol. The van der Waals surface area contributed by atoms with Crippen molar-refractivity contribution in [1.82, 2.24) is 9.78 Å². The molecule has 14 heavy (non-hydrogen) atoms. The monoisotopic (exact) mass is 194 g/mol. The maximum atomic E-state index is 5.60. The molecule has 1 aromatic rings. The minimum Gasteiger partial charge on any atom is -0.376 e. The third-order valence-electron chi connectivity index (χ3n) is 2.74. The van der Waals surface area contributed by atoms with Crippen LogP contribution in [0.2, 0.25) is 0 Å². The van der Waals surface area contributed by atoms with Crippen LogP contribution in [0.3, 0.4) is 0 Å². The van der Waals surface area contributed by atoms with Crippen LogP contribution in [-0.4, -0.2) is 22.5 Å². The topological polar surface area (TPSA) is 27.1 Å². The maximum absolute atomic E-state index is 5.60. The number of ether oxygens (including phenoxy) is 1. The van der Waals surface area contributed by atoms with E-state index < -0.39 is 0 Å². The zero-order chi connectivity index (χ0) is 9.97. The number of nitrogens with zero attached hydrogens (tertiary/aromatic N) is 2. The number of aromatic nitrogens is 2. The highest BCUT2D eigenvalue weighted by atomic mass is 16.5. The van der Waals surface area contributed by atoms with Crippen molar-refractivity contribution in [2.45, 2.75) is 45.3 Å². The molecule has 0 aliphatic carbocycles. The summed E-state index contributed by atoms with van der Waals surface area (Å²) in [5, 5.41) is 4.34. The molecular formula is C11H18N2O. The lowest BCUT2D eigenvalue weighted by atomic mass is 10.1. The Morgan fingerprint density at radius 3 is 3.14 bits per heavy atom. The molecule has 1 aromatic heterocycles. The fourth-order valence-electron chi connectivity index (χ4n) is 1.97. The summed E-state index contributed by atoms with van der Waals surface area (Å²) in [4.78, 5) is 0. The third kappa shape index (κ3) is 1.98. The number of hydrogen-bond acceptors (Lipinski definition) is 2. The molecule has 0 aromatic carbocycles. The lowest BCUT2D eigenvalue weighted by molar-refractivity contribution is 0.0930. The molecule has 1 aliphatic rings. The molecule has 1 fully saturated rings. The van der Waals surface area contributed by atoms with Crippen LogP contribution in [0.25, 0.3) is 0 Å². The second kappa shape index (κ2) is 4.13. The number of rotatable bonds is 3. The van der Waals surface area contributed by atoms with Gasteiger partial charge in [0.25, 0.3) is 0 Å². The molecule has 0 amide bonds. The average molecular weight is 194 g/mol. The van der Waals surface area contributed by atoms with E-state index in [0.29, 0.717) is 12.0 Å². The van der Waals surface area contributed by atoms with E-state index in [9.17, 15) is 0 Å². The van der Waals surface area contributed by atoms with Crippen LogP contribution < -0.4 is 0 Å². The van der Waals surface area contributed by atoms with E-state index in [0.717, 1.165) is 13.2 Å². The van der Waals surface area contributed by atoms with Gasteiger partial charge in [-0.1, -0.05) is 13.8 Å². The minimum absolute atomic E-state index is 0.382. The Hall–Kier alpha value is -0.830. The van der Waals surface area contributed by atoms with Crippen molar-refractivity contribution in [3.05, 3.63) is 18.0 Å². The highest BCUT2D eigenvalue weighted by Gasteiger charge is 2.18. The van der Waals surface area contributed by atoms with Gasteiger partial charge in [0.2, 0.25) is 0 Å². The molecule has 1 saturated heterocycles. The average Bonchev–Trinajstić information content (AvgIpc) is 2.75. The van der Waals surface area contributed by atoms with E-state index in [1.54, 1.807) is 0 Å². The van der Waals surface area contributed by atoms with Crippen molar-refractivity contribution < 1.29 is 4.74 Å². The summed E-state index contributed by atoms with van der Waals surface area (Å²) in [5.41, 5.74) is 1.31. The van der Waals surface area contributed by atoms with Crippen LogP contribution in [0.4, 0.5) is 0 Å². The Kier molecular flexibility index (Phi) is 2.87. The van der Waals surface area contributed by atoms with E-state index in [-0.39, 0.29) is 0 Å². The molecule has 0 saturated carbocycles. The molecule has 0 bridgehead atoms. The lowest BCUT2D eigenvalue weighted by Crippen LogP contribution is -2.18. The van der Waals surface area contributed by atoms with Crippen LogP contribution >= 0.6 is 0 Å². The van der Waals surface area contributed by atoms with E-state index in [4.69, 9.17) is 4.74 Å². The molecule has 78 valence electrons. The van der Waals surface area contributed by atoms with Crippen molar-refractivity contribution in [3.8, 4) is 0 Å². The van der Waals surface area contributed by atoms with Gasteiger partial charge < -0.3 is 4.74 Å². The third-order valence-corrected chi connectivity index (χ3v) is 2.74. The van der Waals surface area contributed by atoms with Crippen LogP contribution in [0, 0.1) is 0 Å². The second-order valence-electron chi connectivity index (χ2n) is 4.23. The lowest BCUT2D eigenvalue weighted by Gasteiger charge is -2.14. The number of hydrogen-bond donors (Lipinski definition) is 0. The molecule has 2 rings (SSSR count). The molecule has 3 nitrogen and oxygen atoms in total. The summed E-state index contributed by atoms with van der Waals surface area (Å²) in [6, 6.07) is 2.10. The van der Waals surface area contributed by atoms with E-state index >= 15 is 0 Å². The summed E-state index contributed by atoms with van der Waals surface area (Å²) in [5.74, 6) is 0.541. The Bertz CT molecular complexity index is 287. The van der Waals surface area contributed by atoms with Crippen LogP contribution in [0.15, 0.2) is 12.3 Å². The molecule has 1 atom stereocenters. The van der Waals surface area contributed by atoms with Crippen molar-refractivity contribution in [1.29, 1.82) is 0 Å². The van der Waals surface area contributed by atoms with Gasteiger partial charge in [0, 0.05) is 18.5 Å². The summed E-state index contributed by atoms with van der Waals surface area (Å²) in [7, 11) is 0. The smallest absolute Gasteiger partial charge is 0.0771 e. The van der Waals surface area contributed by atoms with Gasteiger partial charge in [-0.2, -0.15) is 5.10 Å². The summed E-state index contributed by atoms with van der Waals surface area (Å²) < 4.78 is 7.68. The predicted octanol–water partition coefficient (Wildman–Crippen LogP) is 2.19. The van der Waals surface area contributed by atoms with Gasteiger partial charge in [-0.25, -0.2) is 0 Å². The van der Waals surface area contributed by atoms with Crippen molar-refractivity contribution in [3.63, 3.8) is 0 Å². The van der Waals surface area contributed by atoms with E-state index in [1.165, 1.54) is 18.5 Å². The van der Waals surface area contributed by atoms with Gasteiger partial charge in [0.05, 0.1) is 12.6 Å². The minimum atomic E-state index is 0.382. The summed E-state index contributed by atoms with van der Waals surface area (Å²) in [6.45, 7) is 6.23. The predicted molar refractivity (Wildman–Crippen MR) is 55.3 cm³/mol. The van der Waals surface area contributed by atoms with Crippen LogP contribution in [-0.2, 0) is 11.3 Å². The fraction of sp³-hybridized carbons (Fsp3) is 0.727. The van der Waals surface area contributed by atoms with Gasteiger partial charge >= 0.3 is 0 Å². The van der Waals surface area contributed by atoms with Gasteiger partial charge in [-0.05, 0) is 24.8 Å². The highest BCUT2D eigenvalue weighted by Crippen LogP contribution is 2.18. The molecule has 2 heterocycles. The van der Waals surface area contributed by atoms with Gasteiger partial charge in [0.15, 0.2) is 0 Å². The van der Waals surface area contributed by atoms with Crippen molar-refractivity contribution >= 4 is 0 Å². The molecule has 3 heteroatoms. The Balaban J connectivity index is 2.04. The van der Waals surface area contributed by atoms with Crippen molar-refractivity contribution in [2.24, 2.45) is 0 Å². The fourth-order valence-corrected chi connectivity index (χ4v) is 1.97. The zero-order valence-electron chi connectivity index (χ0n) is 8.94. The zero-order valence-corrected chi connectivity index (χ0v) is 8.94. The maximum Gasteiger partial charge on any atom is 0.0771 e. The van der Waals surface area contributed by atoms with Crippen molar-refractivity contribution in [2.75, 3.05) is 6.61 Å². The second-order valence-corrected chi connectivity index (χ2v) is 4.23. The molecule has 1 unspecified atom stereocenters. The molecule has 0 N–H and O–H groups in total. The Morgan fingerprint density at radius 2 is 2.50 bits per heavy atom. The highest BCUT2D eigenvalue weighted by molar-refractivity contribution is 5.05. The van der Waals surface area contributed by atoms with Gasteiger partial charge in [0.1, 0.15) is 0 Å². The first kappa shape index (κ1) is 9.71. The van der Waals surface area contributed by atoms with Gasteiger partial charge in [-0.15, -0.1) is 0 Å². The Labute approximate surface area is 85.1 Å². The van der Waals surface area contributed by atoms with Crippen LogP contribution in [0.1, 0.15) is 38.3 Å². The molecule has 1 aliphatic heterocycles.